The molecule has 0 fully saturated rings. The van der Waals surface area contributed by atoms with Crippen LogP contribution in [0, 0.1) is 0 Å². The first-order valence-corrected chi connectivity index (χ1v) is 8.39. The molecule has 0 unspecified atom stereocenters. The number of halogens is 1. The number of hydrogen-bond acceptors (Lipinski definition) is 4. The van der Waals surface area contributed by atoms with E-state index < -0.39 is 0 Å². The number of nitrogens with one attached hydrogen (secondary N) is 1. The van der Waals surface area contributed by atoms with Crippen molar-refractivity contribution in [1.82, 2.24) is 14.9 Å². The minimum Gasteiger partial charge on any atom is -0.289 e. The average molecular weight is 371 g/mol. The van der Waals surface area contributed by atoms with Crippen molar-refractivity contribution in [3.8, 4) is 11.4 Å². The number of fused-ring (bicyclic) bond motifs is 1. The second-order valence-corrected chi connectivity index (χ2v) is 6.53. The van der Waals surface area contributed by atoms with Crippen molar-refractivity contribution >= 4 is 33.4 Å². The van der Waals surface area contributed by atoms with Gasteiger partial charge < -0.3 is 0 Å². The number of thioether (sulfide) groups is 1. The summed E-state index contributed by atoms with van der Waals surface area (Å²) in [6, 6.07) is 18.3. The molecule has 1 aromatic heterocycles. The van der Waals surface area contributed by atoms with Gasteiger partial charge in [-0.1, -0.05) is 70.2 Å². The van der Waals surface area contributed by atoms with Gasteiger partial charge in [0.15, 0.2) is 5.82 Å². The van der Waals surface area contributed by atoms with E-state index in [9.17, 15) is 0 Å². The van der Waals surface area contributed by atoms with Gasteiger partial charge in [0.2, 0.25) is 5.16 Å². The summed E-state index contributed by atoms with van der Waals surface area (Å²) in [4.78, 5) is 0. The summed E-state index contributed by atoms with van der Waals surface area (Å²) in [6.07, 6.45) is 0. The Morgan fingerprint density at radius 1 is 0.909 bits per heavy atom. The molecule has 0 bridgehead atoms. The third-order valence-electron chi connectivity index (χ3n) is 3.34. The highest BCUT2D eigenvalue weighted by molar-refractivity contribution is 9.10. The summed E-state index contributed by atoms with van der Waals surface area (Å²) >= 11 is 5.02. The number of nitrogens with zero attached hydrogens (tertiary/aromatic N) is 3. The third kappa shape index (κ3) is 2.44. The molecule has 22 heavy (non-hydrogen) atoms. The second kappa shape index (κ2) is 5.62. The zero-order chi connectivity index (χ0) is 14.9. The molecular weight excluding hydrogens is 360 g/mol. The number of aromatic nitrogens is 3. The lowest BCUT2D eigenvalue weighted by molar-refractivity contribution is 0.826. The van der Waals surface area contributed by atoms with Crippen LogP contribution in [0.1, 0.15) is 5.56 Å². The summed E-state index contributed by atoms with van der Waals surface area (Å²) in [7, 11) is 0. The third-order valence-corrected chi connectivity index (χ3v) is 4.69. The van der Waals surface area contributed by atoms with E-state index in [2.05, 4.69) is 49.1 Å². The lowest BCUT2D eigenvalue weighted by atomic mass is 10.2. The Labute approximate surface area is 140 Å². The molecule has 0 spiro atoms. The molecule has 1 aliphatic heterocycles. The Morgan fingerprint density at radius 2 is 1.68 bits per heavy atom. The predicted octanol–water partition coefficient (Wildman–Crippen LogP) is 4.36. The number of hydrogen-bond donors (Lipinski definition) is 1. The van der Waals surface area contributed by atoms with Crippen LogP contribution in [0.4, 0.5) is 0 Å². The van der Waals surface area contributed by atoms with Gasteiger partial charge >= 0.3 is 0 Å². The van der Waals surface area contributed by atoms with Crippen LogP contribution in [-0.2, 0) is 0 Å². The molecule has 0 atom stereocenters. The zero-order valence-electron chi connectivity index (χ0n) is 11.4. The molecule has 3 aromatic rings. The lowest BCUT2D eigenvalue weighted by Crippen LogP contribution is -2.18. The SMILES string of the molecule is Brc1ccc(-c2nnc3n2NC(c2ccccc2)=CS3)cc1. The van der Waals surface area contributed by atoms with Gasteiger partial charge in [-0.3, -0.25) is 5.43 Å². The highest BCUT2D eigenvalue weighted by Gasteiger charge is 2.19. The standard InChI is InChI=1S/C16H11BrN4S/c17-13-8-6-12(7-9-13)15-18-19-16-21(15)20-14(10-22-16)11-4-2-1-3-5-11/h1-10,20H. The fourth-order valence-electron chi connectivity index (χ4n) is 2.24. The molecule has 6 heteroatoms. The van der Waals surface area contributed by atoms with Gasteiger partial charge in [-0.05, 0) is 17.7 Å². The van der Waals surface area contributed by atoms with E-state index in [4.69, 9.17) is 0 Å². The van der Waals surface area contributed by atoms with Gasteiger partial charge in [0.1, 0.15) is 0 Å². The van der Waals surface area contributed by atoms with Crippen LogP contribution in [0.3, 0.4) is 0 Å². The maximum Gasteiger partial charge on any atom is 0.214 e. The van der Waals surface area contributed by atoms with Crippen LogP contribution in [0.15, 0.2) is 69.6 Å². The van der Waals surface area contributed by atoms with Crippen molar-refractivity contribution in [1.29, 1.82) is 0 Å². The minimum atomic E-state index is 0.802. The number of benzene rings is 2. The number of rotatable bonds is 2. The largest absolute Gasteiger partial charge is 0.289 e. The zero-order valence-corrected chi connectivity index (χ0v) is 13.8. The Balaban J connectivity index is 1.71. The molecule has 0 amide bonds. The molecule has 1 aliphatic rings. The van der Waals surface area contributed by atoms with Crippen LogP contribution in [0.2, 0.25) is 0 Å². The van der Waals surface area contributed by atoms with Gasteiger partial charge in [-0.15, -0.1) is 10.2 Å². The molecular formula is C16H11BrN4S. The van der Waals surface area contributed by atoms with E-state index in [-0.39, 0.29) is 0 Å². The minimum absolute atomic E-state index is 0.802. The summed E-state index contributed by atoms with van der Waals surface area (Å²) in [5.41, 5.74) is 6.59. The van der Waals surface area contributed by atoms with Gasteiger partial charge in [0.25, 0.3) is 0 Å². The predicted molar refractivity (Wildman–Crippen MR) is 92.8 cm³/mol. The first-order valence-electron chi connectivity index (χ1n) is 6.72. The lowest BCUT2D eigenvalue weighted by Gasteiger charge is -2.19. The quantitative estimate of drug-likeness (QED) is 0.727. The van der Waals surface area contributed by atoms with Gasteiger partial charge in [0, 0.05) is 15.4 Å². The van der Waals surface area contributed by atoms with Crippen LogP contribution in [0.5, 0.6) is 0 Å². The van der Waals surface area contributed by atoms with E-state index >= 15 is 0 Å². The van der Waals surface area contributed by atoms with Crippen LogP contribution in [-0.4, -0.2) is 14.9 Å². The van der Waals surface area contributed by atoms with Crippen LogP contribution < -0.4 is 5.43 Å². The Bertz CT molecular complexity index is 840. The van der Waals surface area contributed by atoms with Crippen LogP contribution in [0.25, 0.3) is 17.1 Å². The van der Waals surface area contributed by atoms with Gasteiger partial charge in [-0.25, -0.2) is 4.68 Å². The summed E-state index contributed by atoms with van der Waals surface area (Å²) < 4.78 is 2.97. The summed E-state index contributed by atoms with van der Waals surface area (Å²) in [5, 5.41) is 11.4. The van der Waals surface area contributed by atoms with Crippen molar-refractivity contribution in [2.24, 2.45) is 0 Å². The van der Waals surface area contributed by atoms with Crippen molar-refractivity contribution in [3.05, 3.63) is 70.0 Å². The molecule has 4 rings (SSSR count). The highest BCUT2D eigenvalue weighted by Crippen LogP contribution is 2.31. The molecule has 4 nitrogen and oxygen atoms in total. The molecule has 0 saturated heterocycles. The van der Waals surface area contributed by atoms with E-state index in [1.54, 1.807) is 11.8 Å². The van der Waals surface area contributed by atoms with Crippen LogP contribution >= 0.6 is 27.7 Å². The molecule has 1 N–H and O–H groups in total. The average Bonchev–Trinajstić information content (AvgIpc) is 2.99. The van der Waals surface area contributed by atoms with E-state index in [0.717, 1.165) is 32.3 Å². The maximum atomic E-state index is 4.31. The smallest absolute Gasteiger partial charge is 0.214 e. The van der Waals surface area contributed by atoms with E-state index in [1.807, 2.05) is 47.1 Å². The normalized spacial score (nSPS) is 13.2. The summed E-state index contributed by atoms with van der Waals surface area (Å²) in [6.45, 7) is 0. The fraction of sp³-hybridized carbons (Fsp3) is 0. The van der Waals surface area contributed by atoms with Crippen molar-refractivity contribution in [2.45, 2.75) is 5.16 Å². The Hall–Kier alpha value is -2.05. The molecule has 0 aliphatic carbocycles. The van der Waals surface area contributed by atoms with Gasteiger partial charge in [0.05, 0.1) is 5.70 Å². The molecule has 0 saturated carbocycles. The molecule has 0 radical (unpaired) electrons. The second-order valence-electron chi connectivity index (χ2n) is 4.78. The molecule has 2 heterocycles. The van der Waals surface area contributed by atoms with E-state index in [0.29, 0.717) is 0 Å². The Morgan fingerprint density at radius 3 is 2.45 bits per heavy atom. The van der Waals surface area contributed by atoms with Crippen molar-refractivity contribution in [2.75, 3.05) is 5.43 Å². The highest BCUT2D eigenvalue weighted by atomic mass is 79.9. The first-order chi connectivity index (χ1) is 10.8. The monoisotopic (exact) mass is 370 g/mol. The van der Waals surface area contributed by atoms with Crippen molar-refractivity contribution in [3.63, 3.8) is 0 Å². The first kappa shape index (κ1) is 13.6. The molecule has 108 valence electrons. The summed E-state index contributed by atoms with van der Waals surface area (Å²) in [5.74, 6) is 0.802. The van der Waals surface area contributed by atoms with E-state index in [1.165, 1.54) is 0 Å². The Kier molecular flexibility index (Phi) is 3.48. The maximum absolute atomic E-state index is 4.31. The topological polar surface area (TPSA) is 42.7 Å². The van der Waals surface area contributed by atoms with Crippen molar-refractivity contribution < 1.29 is 0 Å². The van der Waals surface area contributed by atoms with Gasteiger partial charge in [-0.2, -0.15) is 0 Å². The molecule has 2 aromatic carbocycles. The fourth-order valence-corrected chi connectivity index (χ4v) is 3.24.